The average Bonchev–Trinajstić information content (AvgIpc) is 3.36. The first-order valence-electron chi connectivity index (χ1n) is 10.3. The van der Waals surface area contributed by atoms with Gasteiger partial charge in [0.2, 0.25) is 5.91 Å². The molecule has 0 spiro atoms. The molecule has 2 atom stereocenters. The number of hydrazone groups is 1. The van der Waals surface area contributed by atoms with Gasteiger partial charge in [-0.25, -0.2) is 19.3 Å². The third-order valence-corrected chi connectivity index (χ3v) is 5.23. The number of rotatable bonds is 6. The van der Waals surface area contributed by atoms with Gasteiger partial charge in [-0.05, 0) is 13.3 Å². The number of aromatic nitrogens is 3. The fraction of sp³-hybridized carbons (Fsp3) is 0.476. The van der Waals surface area contributed by atoms with Crippen molar-refractivity contribution in [1.29, 1.82) is 0 Å². The predicted molar refractivity (Wildman–Crippen MR) is 115 cm³/mol. The van der Waals surface area contributed by atoms with Crippen LogP contribution in [0.1, 0.15) is 42.8 Å². The number of pyridine rings is 1. The van der Waals surface area contributed by atoms with E-state index in [1.54, 1.807) is 12.3 Å². The normalized spacial score (nSPS) is 20.6. The van der Waals surface area contributed by atoms with Crippen LogP contribution in [0, 0.1) is 6.92 Å². The lowest BCUT2D eigenvalue weighted by atomic mass is 10.1. The van der Waals surface area contributed by atoms with Gasteiger partial charge in [0.15, 0.2) is 0 Å². The van der Waals surface area contributed by atoms with E-state index in [1.165, 1.54) is 6.92 Å². The quantitative estimate of drug-likeness (QED) is 0.730. The number of ether oxygens (including phenoxy) is 1. The highest BCUT2D eigenvalue weighted by Gasteiger charge is 2.29. The first-order valence-corrected chi connectivity index (χ1v) is 10.3. The Morgan fingerprint density at radius 1 is 1.32 bits per heavy atom. The van der Waals surface area contributed by atoms with Gasteiger partial charge in [0.1, 0.15) is 24.1 Å². The standard InChI is InChI=1S/C21H26FN7O2/c1-12-6-20(27-21(24-12)14-7-15(9-22)31-11-14)26-18-8-19(25-13(2)30)23-10-16(18)17-4-5-29(3)28-17/h6,8,10,14-15H,4-5,7,9,11H2,1-3H3,(H2,23,24,25,26,27,30). The molecule has 1 saturated heterocycles. The molecule has 1 fully saturated rings. The van der Waals surface area contributed by atoms with E-state index in [0.717, 1.165) is 35.6 Å². The topological polar surface area (TPSA) is 105 Å². The molecule has 2 aromatic rings. The van der Waals surface area contributed by atoms with E-state index in [9.17, 15) is 9.18 Å². The summed E-state index contributed by atoms with van der Waals surface area (Å²) in [6.07, 6.45) is 2.67. The molecule has 0 aliphatic carbocycles. The Morgan fingerprint density at radius 2 is 2.16 bits per heavy atom. The SMILES string of the molecule is CC(=O)Nc1cc(Nc2cc(C)nc(C3COC(CF)C3)n2)c(C2=NN(C)CC2)cn1. The molecule has 2 aliphatic heterocycles. The number of hydrogen-bond acceptors (Lipinski definition) is 8. The van der Waals surface area contributed by atoms with Crippen LogP contribution in [0.25, 0.3) is 0 Å². The number of alkyl halides is 1. The summed E-state index contributed by atoms with van der Waals surface area (Å²) >= 11 is 0. The Morgan fingerprint density at radius 3 is 2.84 bits per heavy atom. The molecule has 0 aromatic carbocycles. The van der Waals surface area contributed by atoms with E-state index in [-0.39, 0.29) is 11.8 Å². The minimum absolute atomic E-state index is 0.0408. The summed E-state index contributed by atoms with van der Waals surface area (Å²) in [6, 6.07) is 3.61. The van der Waals surface area contributed by atoms with Crippen molar-refractivity contribution < 1.29 is 13.9 Å². The molecular weight excluding hydrogens is 401 g/mol. The molecule has 0 saturated carbocycles. The van der Waals surface area contributed by atoms with Crippen molar-refractivity contribution in [1.82, 2.24) is 20.0 Å². The third-order valence-electron chi connectivity index (χ3n) is 5.23. The molecule has 2 aliphatic rings. The summed E-state index contributed by atoms with van der Waals surface area (Å²) in [5.74, 6) is 1.44. The Balaban J connectivity index is 1.66. The number of hydrogen-bond donors (Lipinski definition) is 2. The number of carbonyl (C=O) groups excluding carboxylic acids is 1. The smallest absolute Gasteiger partial charge is 0.222 e. The van der Waals surface area contributed by atoms with Crippen LogP contribution in [0.4, 0.5) is 21.7 Å². The maximum atomic E-state index is 13.0. The van der Waals surface area contributed by atoms with Gasteiger partial charge in [-0.2, -0.15) is 5.10 Å². The van der Waals surface area contributed by atoms with Crippen LogP contribution in [0.3, 0.4) is 0 Å². The van der Waals surface area contributed by atoms with E-state index < -0.39 is 12.8 Å². The molecule has 10 heteroatoms. The molecule has 1 amide bonds. The summed E-state index contributed by atoms with van der Waals surface area (Å²) in [4.78, 5) is 25.1. The van der Waals surface area contributed by atoms with Gasteiger partial charge >= 0.3 is 0 Å². The van der Waals surface area contributed by atoms with Gasteiger partial charge in [-0.15, -0.1) is 0 Å². The zero-order valence-corrected chi connectivity index (χ0v) is 17.9. The number of aryl methyl sites for hydroxylation is 1. The summed E-state index contributed by atoms with van der Waals surface area (Å²) in [5.41, 5.74) is 3.29. The van der Waals surface area contributed by atoms with Gasteiger partial charge in [0.05, 0.1) is 24.1 Å². The number of carbonyl (C=O) groups is 1. The molecule has 4 rings (SSSR count). The zero-order valence-electron chi connectivity index (χ0n) is 17.9. The first kappa shape index (κ1) is 21.1. The van der Waals surface area contributed by atoms with E-state index >= 15 is 0 Å². The maximum absolute atomic E-state index is 13.0. The monoisotopic (exact) mass is 427 g/mol. The summed E-state index contributed by atoms with van der Waals surface area (Å²) in [7, 11) is 1.92. The van der Waals surface area contributed by atoms with Crippen LogP contribution in [0.5, 0.6) is 0 Å². The largest absolute Gasteiger partial charge is 0.375 e. The number of anilines is 3. The van der Waals surface area contributed by atoms with Crippen LogP contribution in [-0.4, -0.2) is 64.6 Å². The van der Waals surface area contributed by atoms with Crippen LogP contribution >= 0.6 is 0 Å². The fourth-order valence-electron chi connectivity index (χ4n) is 3.77. The number of nitrogens with zero attached hydrogens (tertiary/aromatic N) is 5. The number of nitrogens with one attached hydrogen (secondary N) is 2. The molecule has 164 valence electrons. The Bertz CT molecular complexity index is 1010. The molecule has 0 bridgehead atoms. The highest BCUT2D eigenvalue weighted by molar-refractivity contribution is 6.06. The Kier molecular flexibility index (Phi) is 6.08. The van der Waals surface area contributed by atoms with E-state index in [1.807, 2.05) is 25.0 Å². The highest BCUT2D eigenvalue weighted by atomic mass is 19.1. The highest BCUT2D eigenvalue weighted by Crippen LogP contribution is 2.30. The lowest BCUT2D eigenvalue weighted by Gasteiger charge is -2.15. The molecule has 2 N–H and O–H groups in total. The second-order valence-corrected chi connectivity index (χ2v) is 7.89. The van der Waals surface area contributed by atoms with Crippen molar-refractivity contribution >= 4 is 28.9 Å². The van der Waals surface area contributed by atoms with Crippen molar-refractivity contribution in [2.75, 3.05) is 37.5 Å². The molecule has 4 heterocycles. The third kappa shape index (κ3) is 4.96. The average molecular weight is 427 g/mol. The minimum atomic E-state index is -0.504. The minimum Gasteiger partial charge on any atom is -0.375 e. The lowest BCUT2D eigenvalue weighted by Crippen LogP contribution is -2.12. The van der Waals surface area contributed by atoms with Gasteiger partial charge in [-0.3, -0.25) is 9.80 Å². The Hall–Kier alpha value is -3.14. The van der Waals surface area contributed by atoms with Gasteiger partial charge < -0.3 is 15.4 Å². The second kappa shape index (κ2) is 8.93. The maximum Gasteiger partial charge on any atom is 0.222 e. The zero-order chi connectivity index (χ0) is 22.0. The van der Waals surface area contributed by atoms with E-state index in [4.69, 9.17) is 4.74 Å². The predicted octanol–water partition coefficient (Wildman–Crippen LogP) is 2.76. The van der Waals surface area contributed by atoms with Crippen molar-refractivity contribution in [2.45, 2.75) is 38.7 Å². The summed E-state index contributed by atoms with van der Waals surface area (Å²) < 4.78 is 18.4. The van der Waals surface area contributed by atoms with Gasteiger partial charge in [-0.1, -0.05) is 0 Å². The molecule has 2 unspecified atom stereocenters. The van der Waals surface area contributed by atoms with Crippen molar-refractivity contribution in [3.05, 3.63) is 35.4 Å². The fourth-order valence-corrected chi connectivity index (χ4v) is 3.77. The summed E-state index contributed by atoms with van der Waals surface area (Å²) in [6.45, 7) is 4.07. The van der Waals surface area contributed by atoms with Gasteiger partial charge in [0.25, 0.3) is 0 Å². The van der Waals surface area contributed by atoms with Crippen LogP contribution in [0.15, 0.2) is 23.4 Å². The first-order chi connectivity index (χ1) is 14.9. The number of amides is 1. The van der Waals surface area contributed by atoms with Crippen LogP contribution in [-0.2, 0) is 9.53 Å². The lowest BCUT2D eigenvalue weighted by molar-refractivity contribution is -0.114. The molecule has 2 aromatic heterocycles. The molecule has 0 radical (unpaired) electrons. The van der Waals surface area contributed by atoms with E-state index in [2.05, 4.69) is 30.7 Å². The van der Waals surface area contributed by atoms with Gasteiger partial charge in [0, 0.05) is 62.4 Å². The van der Waals surface area contributed by atoms with Crippen molar-refractivity contribution in [2.24, 2.45) is 5.10 Å². The van der Waals surface area contributed by atoms with Crippen LogP contribution in [0.2, 0.25) is 0 Å². The molecular formula is C21H26FN7O2. The molecule has 9 nitrogen and oxygen atoms in total. The van der Waals surface area contributed by atoms with E-state index in [0.29, 0.717) is 30.5 Å². The van der Waals surface area contributed by atoms with Crippen molar-refractivity contribution in [3.8, 4) is 0 Å². The number of halogens is 1. The molecule has 31 heavy (non-hydrogen) atoms. The van der Waals surface area contributed by atoms with Crippen LogP contribution < -0.4 is 10.6 Å². The second-order valence-electron chi connectivity index (χ2n) is 7.89. The Labute approximate surface area is 180 Å². The van der Waals surface area contributed by atoms with Crippen molar-refractivity contribution in [3.63, 3.8) is 0 Å². The summed E-state index contributed by atoms with van der Waals surface area (Å²) in [5, 5.41) is 12.5.